The molecule has 0 saturated carbocycles. The van der Waals surface area contributed by atoms with E-state index in [-0.39, 0.29) is 6.04 Å². The van der Waals surface area contributed by atoms with Crippen molar-refractivity contribution in [3.05, 3.63) is 36.4 Å². The van der Waals surface area contributed by atoms with Gasteiger partial charge in [-0.1, -0.05) is 30.3 Å². The number of nitrogens with zero attached hydrogens (tertiary/aromatic N) is 1. The highest BCUT2D eigenvalue weighted by atomic mass is 16.5. The molecule has 1 heterocycles. The van der Waals surface area contributed by atoms with E-state index >= 15 is 0 Å². The number of nitrogens with two attached hydrogens (primary N) is 1. The maximum absolute atomic E-state index is 6.15. The summed E-state index contributed by atoms with van der Waals surface area (Å²) in [6.45, 7) is 4.68. The fourth-order valence-corrected chi connectivity index (χ4v) is 3.05. The van der Waals surface area contributed by atoms with E-state index in [1.54, 1.807) is 0 Å². The predicted molar refractivity (Wildman–Crippen MR) is 84.5 cm³/mol. The summed E-state index contributed by atoms with van der Waals surface area (Å²) in [4.78, 5) is 2.39. The van der Waals surface area contributed by atoms with E-state index in [1.165, 1.54) is 16.5 Å². The van der Waals surface area contributed by atoms with Crippen molar-refractivity contribution in [3.8, 4) is 5.75 Å². The van der Waals surface area contributed by atoms with Crippen LogP contribution in [0.5, 0.6) is 5.75 Å². The fraction of sp³-hybridized carbons (Fsp3) is 0.412. The quantitative estimate of drug-likeness (QED) is 0.931. The van der Waals surface area contributed by atoms with Gasteiger partial charge in [-0.3, -0.25) is 0 Å². The van der Waals surface area contributed by atoms with Crippen LogP contribution in [0.1, 0.15) is 19.8 Å². The summed E-state index contributed by atoms with van der Waals surface area (Å²) >= 11 is 0. The number of anilines is 1. The molecular formula is C17H22N2O. The van der Waals surface area contributed by atoms with Crippen molar-refractivity contribution in [3.63, 3.8) is 0 Å². The van der Waals surface area contributed by atoms with Gasteiger partial charge in [0.05, 0.1) is 12.3 Å². The molecule has 1 unspecified atom stereocenters. The maximum atomic E-state index is 6.15. The van der Waals surface area contributed by atoms with Crippen LogP contribution in [0, 0.1) is 0 Å². The van der Waals surface area contributed by atoms with E-state index in [0.29, 0.717) is 6.61 Å². The average molecular weight is 270 g/mol. The second-order valence-electron chi connectivity index (χ2n) is 5.41. The molecule has 0 aromatic heterocycles. The molecule has 0 spiro atoms. The lowest BCUT2D eigenvalue weighted by Crippen LogP contribution is -2.43. The number of piperidine rings is 1. The molecule has 1 saturated heterocycles. The number of fused-ring (bicyclic) bond motifs is 1. The van der Waals surface area contributed by atoms with Crippen LogP contribution in [0.2, 0.25) is 0 Å². The zero-order valence-electron chi connectivity index (χ0n) is 12.0. The van der Waals surface area contributed by atoms with Gasteiger partial charge in [0.1, 0.15) is 5.75 Å². The first-order chi connectivity index (χ1) is 9.79. The van der Waals surface area contributed by atoms with Gasteiger partial charge in [0.25, 0.3) is 0 Å². The Hall–Kier alpha value is -1.74. The second kappa shape index (κ2) is 5.71. The lowest BCUT2D eigenvalue weighted by molar-refractivity contribution is 0.339. The topological polar surface area (TPSA) is 38.5 Å². The van der Waals surface area contributed by atoms with Gasteiger partial charge < -0.3 is 15.4 Å². The van der Waals surface area contributed by atoms with Gasteiger partial charge in [0, 0.05) is 24.5 Å². The van der Waals surface area contributed by atoms with E-state index in [9.17, 15) is 0 Å². The monoisotopic (exact) mass is 270 g/mol. The Morgan fingerprint density at radius 3 is 2.90 bits per heavy atom. The Morgan fingerprint density at radius 2 is 2.10 bits per heavy atom. The molecule has 0 amide bonds. The summed E-state index contributed by atoms with van der Waals surface area (Å²) < 4.78 is 5.85. The Morgan fingerprint density at radius 1 is 1.25 bits per heavy atom. The smallest absolute Gasteiger partial charge is 0.143 e. The Balaban J connectivity index is 2.11. The third-order valence-corrected chi connectivity index (χ3v) is 3.94. The van der Waals surface area contributed by atoms with Crippen molar-refractivity contribution in [2.24, 2.45) is 5.73 Å². The molecule has 1 aliphatic heterocycles. The Labute approximate surface area is 120 Å². The van der Waals surface area contributed by atoms with E-state index in [1.807, 2.05) is 6.92 Å². The SMILES string of the molecule is CCOc1ccc2ccccc2c1N1CCCC(N)C1. The van der Waals surface area contributed by atoms with Crippen molar-refractivity contribution < 1.29 is 4.74 Å². The van der Waals surface area contributed by atoms with Gasteiger partial charge in [-0.15, -0.1) is 0 Å². The summed E-state index contributed by atoms with van der Waals surface area (Å²) in [5.41, 5.74) is 7.36. The number of hydrogen-bond acceptors (Lipinski definition) is 3. The molecule has 3 nitrogen and oxygen atoms in total. The highest BCUT2D eigenvalue weighted by Gasteiger charge is 2.21. The summed E-state index contributed by atoms with van der Waals surface area (Å²) in [6.07, 6.45) is 2.27. The normalized spacial score (nSPS) is 19.3. The predicted octanol–water partition coefficient (Wildman–Crippen LogP) is 3.17. The van der Waals surface area contributed by atoms with Crippen molar-refractivity contribution in [1.29, 1.82) is 0 Å². The molecule has 20 heavy (non-hydrogen) atoms. The summed E-state index contributed by atoms with van der Waals surface area (Å²) in [5.74, 6) is 0.973. The first kappa shape index (κ1) is 13.3. The van der Waals surface area contributed by atoms with Crippen molar-refractivity contribution >= 4 is 16.5 Å². The largest absolute Gasteiger partial charge is 0.492 e. The zero-order valence-corrected chi connectivity index (χ0v) is 12.0. The molecule has 2 aromatic carbocycles. The minimum atomic E-state index is 0.261. The van der Waals surface area contributed by atoms with Gasteiger partial charge in [-0.05, 0) is 31.2 Å². The summed E-state index contributed by atoms with van der Waals surface area (Å²) in [7, 11) is 0. The van der Waals surface area contributed by atoms with Crippen LogP contribution in [0.25, 0.3) is 10.8 Å². The van der Waals surface area contributed by atoms with Gasteiger partial charge in [0.2, 0.25) is 0 Å². The van der Waals surface area contributed by atoms with Crippen LogP contribution in [-0.2, 0) is 0 Å². The van der Waals surface area contributed by atoms with Gasteiger partial charge >= 0.3 is 0 Å². The first-order valence-corrected chi connectivity index (χ1v) is 7.44. The van der Waals surface area contributed by atoms with Crippen LogP contribution in [-0.4, -0.2) is 25.7 Å². The molecule has 2 aromatic rings. The highest BCUT2D eigenvalue weighted by molar-refractivity contribution is 5.97. The highest BCUT2D eigenvalue weighted by Crippen LogP contribution is 2.37. The summed E-state index contributed by atoms with van der Waals surface area (Å²) in [6, 6.07) is 13.0. The Bertz CT molecular complexity index is 597. The maximum Gasteiger partial charge on any atom is 0.143 e. The van der Waals surface area contributed by atoms with Crippen molar-refractivity contribution in [2.75, 3.05) is 24.6 Å². The Kier molecular flexibility index (Phi) is 3.79. The van der Waals surface area contributed by atoms with E-state index in [0.717, 1.165) is 31.7 Å². The molecule has 3 heteroatoms. The fourth-order valence-electron chi connectivity index (χ4n) is 3.05. The molecule has 106 valence electrons. The van der Waals surface area contributed by atoms with Crippen molar-refractivity contribution in [2.45, 2.75) is 25.8 Å². The third-order valence-electron chi connectivity index (χ3n) is 3.94. The minimum Gasteiger partial charge on any atom is -0.492 e. The number of rotatable bonds is 3. The molecule has 1 atom stereocenters. The van der Waals surface area contributed by atoms with Gasteiger partial charge in [0.15, 0.2) is 0 Å². The molecule has 3 rings (SSSR count). The number of ether oxygens (including phenoxy) is 1. The molecular weight excluding hydrogens is 248 g/mol. The zero-order chi connectivity index (χ0) is 13.9. The van der Waals surface area contributed by atoms with E-state index in [2.05, 4.69) is 41.3 Å². The average Bonchev–Trinajstić information content (AvgIpc) is 2.47. The van der Waals surface area contributed by atoms with Gasteiger partial charge in [-0.2, -0.15) is 0 Å². The van der Waals surface area contributed by atoms with E-state index in [4.69, 9.17) is 10.5 Å². The van der Waals surface area contributed by atoms with Crippen LogP contribution < -0.4 is 15.4 Å². The molecule has 1 fully saturated rings. The molecule has 0 aliphatic carbocycles. The van der Waals surface area contributed by atoms with Crippen LogP contribution in [0.3, 0.4) is 0 Å². The number of benzene rings is 2. The molecule has 2 N–H and O–H groups in total. The first-order valence-electron chi connectivity index (χ1n) is 7.44. The third kappa shape index (κ3) is 2.46. The standard InChI is InChI=1S/C17H22N2O/c1-2-20-16-10-9-13-6-3-4-8-15(13)17(16)19-11-5-7-14(18)12-19/h3-4,6,8-10,14H,2,5,7,11-12,18H2,1H3. The lowest BCUT2D eigenvalue weighted by atomic mass is 10.0. The van der Waals surface area contributed by atoms with Crippen LogP contribution in [0.4, 0.5) is 5.69 Å². The number of hydrogen-bond donors (Lipinski definition) is 1. The van der Waals surface area contributed by atoms with Crippen molar-refractivity contribution in [1.82, 2.24) is 0 Å². The molecule has 1 aliphatic rings. The lowest BCUT2D eigenvalue weighted by Gasteiger charge is -2.34. The second-order valence-corrected chi connectivity index (χ2v) is 5.41. The van der Waals surface area contributed by atoms with Crippen LogP contribution >= 0.6 is 0 Å². The van der Waals surface area contributed by atoms with Crippen LogP contribution in [0.15, 0.2) is 36.4 Å². The molecule has 0 bridgehead atoms. The van der Waals surface area contributed by atoms with E-state index < -0.39 is 0 Å². The summed E-state index contributed by atoms with van der Waals surface area (Å²) in [5, 5.41) is 2.51. The minimum absolute atomic E-state index is 0.261. The molecule has 0 radical (unpaired) electrons. The van der Waals surface area contributed by atoms with Gasteiger partial charge in [-0.25, -0.2) is 0 Å².